The van der Waals surface area contributed by atoms with E-state index < -0.39 is 0 Å². The molecule has 162 valence electrons. The van der Waals surface area contributed by atoms with Gasteiger partial charge in [-0.05, 0) is 40.1 Å². The predicted octanol–water partition coefficient (Wildman–Crippen LogP) is 3.42. The first-order valence-corrected chi connectivity index (χ1v) is 11.5. The fourth-order valence-corrected chi connectivity index (χ4v) is 4.97. The van der Waals surface area contributed by atoms with Crippen LogP contribution in [-0.4, -0.2) is 48.6 Å². The topological polar surface area (TPSA) is 110 Å². The van der Waals surface area contributed by atoms with E-state index >= 15 is 0 Å². The van der Waals surface area contributed by atoms with Crippen LogP contribution in [0.15, 0.2) is 35.0 Å². The van der Waals surface area contributed by atoms with Crippen molar-refractivity contribution in [3.8, 4) is 11.1 Å². The van der Waals surface area contributed by atoms with Crippen LogP contribution in [0.2, 0.25) is 0 Å². The average Bonchev–Trinajstić information content (AvgIpc) is 3.45. The maximum atomic E-state index is 12.8. The molecule has 3 heterocycles. The number of fused-ring (bicyclic) bond motifs is 1. The zero-order chi connectivity index (χ0) is 21.8. The molecule has 1 aliphatic rings. The third kappa shape index (κ3) is 4.87. The van der Waals surface area contributed by atoms with Crippen molar-refractivity contribution in [3.05, 3.63) is 50.6 Å². The molecule has 8 nitrogen and oxygen atoms in total. The van der Waals surface area contributed by atoms with E-state index in [1.165, 1.54) is 11.3 Å². The van der Waals surface area contributed by atoms with Crippen LogP contribution in [-0.2, 0) is 17.7 Å². The van der Waals surface area contributed by atoms with Gasteiger partial charge in [-0.15, -0.1) is 11.3 Å². The van der Waals surface area contributed by atoms with Crippen molar-refractivity contribution in [2.75, 3.05) is 37.9 Å². The van der Waals surface area contributed by atoms with Crippen molar-refractivity contribution in [2.45, 2.75) is 13.0 Å². The molecule has 0 aliphatic carbocycles. The summed E-state index contributed by atoms with van der Waals surface area (Å²) in [6.07, 6.45) is 0.618. The summed E-state index contributed by atoms with van der Waals surface area (Å²) >= 11 is 2.92. The Morgan fingerprint density at radius 3 is 2.94 bits per heavy atom. The van der Waals surface area contributed by atoms with E-state index in [1.54, 1.807) is 29.4 Å². The molecule has 2 aromatic heterocycles. The Balaban J connectivity index is 1.44. The first-order chi connectivity index (χ1) is 15.0. The quantitative estimate of drug-likeness (QED) is 0.388. The molecule has 3 aromatic rings. The SMILES string of the molecule is COCCNC(=O)N1CCc2nc(C(=O)Nc3cc(-c4ccsc4)ccc3N)sc2C1. The standard InChI is InChI=1S/C21H23N5O3S2/c1-29-8-6-23-21(28)26-7-4-16-18(11-26)31-20(25-16)19(27)24-17-10-13(2-3-15(17)22)14-5-9-30-12-14/h2-3,5,9-10,12H,4,6-8,11,22H2,1H3,(H,23,28)(H,24,27). The van der Waals surface area contributed by atoms with Gasteiger partial charge in [0.15, 0.2) is 5.01 Å². The van der Waals surface area contributed by atoms with Crippen molar-refractivity contribution in [1.29, 1.82) is 0 Å². The van der Waals surface area contributed by atoms with Crippen LogP contribution >= 0.6 is 22.7 Å². The van der Waals surface area contributed by atoms with Crippen molar-refractivity contribution in [3.63, 3.8) is 0 Å². The van der Waals surface area contributed by atoms with Crippen LogP contribution in [0.1, 0.15) is 20.4 Å². The molecule has 31 heavy (non-hydrogen) atoms. The van der Waals surface area contributed by atoms with E-state index in [0.29, 0.717) is 49.0 Å². The first kappa shape index (κ1) is 21.3. The molecule has 4 rings (SSSR count). The van der Waals surface area contributed by atoms with Gasteiger partial charge in [-0.2, -0.15) is 11.3 Å². The number of nitrogens with one attached hydrogen (secondary N) is 2. The number of carbonyl (C=O) groups excluding carboxylic acids is 2. The zero-order valence-electron chi connectivity index (χ0n) is 17.0. The van der Waals surface area contributed by atoms with Crippen molar-refractivity contribution >= 4 is 46.0 Å². The highest BCUT2D eigenvalue weighted by Gasteiger charge is 2.26. The number of methoxy groups -OCH3 is 1. The smallest absolute Gasteiger partial charge is 0.317 e. The number of thiophene rings is 1. The minimum Gasteiger partial charge on any atom is -0.397 e. The lowest BCUT2D eigenvalue weighted by molar-refractivity contribution is 0.102. The lowest BCUT2D eigenvalue weighted by atomic mass is 10.1. The molecule has 0 radical (unpaired) electrons. The number of carbonyl (C=O) groups is 2. The maximum absolute atomic E-state index is 12.8. The number of urea groups is 1. The van der Waals surface area contributed by atoms with Gasteiger partial charge in [-0.3, -0.25) is 4.79 Å². The van der Waals surface area contributed by atoms with Gasteiger partial charge in [0.25, 0.3) is 5.91 Å². The second-order valence-corrected chi connectivity index (χ2v) is 8.92. The molecular weight excluding hydrogens is 434 g/mol. The van der Waals surface area contributed by atoms with E-state index in [2.05, 4.69) is 15.6 Å². The number of nitrogens with two attached hydrogens (primary N) is 1. The van der Waals surface area contributed by atoms with E-state index in [1.807, 2.05) is 29.0 Å². The van der Waals surface area contributed by atoms with Crippen LogP contribution in [0.5, 0.6) is 0 Å². The van der Waals surface area contributed by atoms with Crippen LogP contribution in [0.3, 0.4) is 0 Å². The number of nitrogen functional groups attached to an aromatic ring is 1. The fraction of sp³-hybridized carbons (Fsp3) is 0.286. The molecule has 0 unspecified atom stereocenters. The Morgan fingerprint density at radius 2 is 2.16 bits per heavy atom. The molecule has 0 bridgehead atoms. The zero-order valence-corrected chi connectivity index (χ0v) is 18.6. The van der Waals surface area contributed by atoms with Crippen LogP contribution in [0, 0.1) is 0 Å². The number of ether oxygens (including phenoxy) is 1. The molecule has 0 atom stereocenters. The fourth-order valence-electron chi connectivity index (χ4n) is 3.29. The molecule has 0 spiro atoms. The number of hydrogen-bond donors (Lipinski definition) is 3. The molecular formula is C21H23N5O3S2. The second kappa shape index (κ2) is 9.46. The number of nitrogens with zero attached hydrogens (tertiary/aromatic N) is 2. The monoisotopic (exact) mass is 457 g/mol. The lowest BCUT2D eigenvalue weighted by Crippen LogP contribution is -2.43. The number of hydrogen-bond acceptors (Lipinski definition) is 7. The summed E-state index contributed by atoms with van der Waals surface area (Å²) in [5, 5.41) is 10.1. The molecule has 0 saturated carbocycles. The molecule has 3 amide bonds. The number of aromatic nitrogens is 1. The van der Waals surface area contributed by atoms with Crippen molar-refractivity contribution in [2.24, 2.45) is 0 Å². The van der Waals surface area contributed by atoms with Gasteiger partial charge < -0.3 is 26.0 Å². The normalized spacial score (nSPS) is 13.0. The van der Waals surface area contributed by atoms with Gasteiger partial charge in [0, 0.05) is 31.5 Å². The van der Waals surface area contributed by atoms with Gasteiger partial charge >= 0.3 is 6.03 Å². The van der Waals surface area contributed by atoms with Gasteiger partial charge in [0.2, 0.25) is 0 Å². The molecule has 0 saturated heterocycles. The minimum atomic E-state index is -0.301. The molecule has 4 N–H and O–H groups in total. The highest BCUT2D eigenvalue weighted by molar-refractivity contribution is 7.13. The summed E-state index contributed by atoms with van der Waals surface area (Å²) in [4.78, 5) is 32.3. The number of benzene rings is 1. The number of amides is 3. The van der Waals surface area contributed by atoms with Crippen molar-refractivity contribution < 1.29 is 14.3 Å². The van der Waals surface area contributed by atoms with Crippen LogP contribution in [0.25, 0.3) is 11.1 Å². The second-order valence-electron chi connectivity index (χ2n) is 7.05. The van der Waals surface area contributed by atoms with Gasteiger partial charge in [-0.1, -0.05) is 6.07 Å². The number of rotatable bonds is 6. The Bertz CT molecular complexity index is 1080. The number of thiazole rings is 1. The third-order valence-corrected chi connectivity index (χ3v) is 6.72. The van der Waals surface area contributed by atoms with Gasteiger partial charge in [-0.25, -0.2) is 9.78 Å². The highest BCUT2D eigenvalue weighted by atomic mass is 32.1. The summed E-state index contributed by atoms with van der Waals surface area (Å²) in [7, 11) is 1.59. The van der Waals surface area contributed by atoms with Gasteiger partial charge in [0.05, 0.1) is 30.2 Å². The molecule has 10 heteroatoms. The van der Waals surface area contributed by atoms with Crippen LogP contribution < -0.4 is 16.4 Å². The Labute approximate surface area is 188 Å². The summed E-state index contributed by atoms with van der Waals surface area (Å²) in [6, 6.07) is 7.47. The highest BCUT2D eigenvalue weighted by Crippen LogP contribution is 2.30. The van der Waals surface area contributed by atoms with Crippen LogP contribution in [0.4, 0.5) is 16.2 Å². The summed E-state index contributed by atoms with van der Waals surface area (Å²) in [5.74, 6) is -0.301. The molecule has 1 aliphatic heterocycles. The lowest BCUT2D eigenvalue weighted by Gasteiger charge is -2.26. The summed E-state index contributed by atoms with van der Waals surface area (Å²) < 4.78 is 4.96. The minimum absolute atomic E-state index is 0.139. The first-order valence-electron chi connectivity index (χ1n) is 9.79. The van der Waals surface area contributed by atoms with E-state index in [-0.39, 0.29) is 11.9 Å². The largest absolute Gasteiger partial charge is 0.397 e. The van der Waals surface area contributed by atoms with E-state index in [0.717, 1.165) is 21.7 Å². The Kier molecular flexibility index (Phi) is 6.50. The van der Waals surface area contributed by atoms with E-state index in [9.17, 15) is 9.59 Å². The number of anilines is 2. The van der Waals surface area contributed by atoms with Gasteiger partial charge in [0.1, 0.15) is 0 Å². The Morgan fingerprint density at radius 1 is 1.29 bits per heavy atom. The van der Waals surface area contributed by atoms with E-state index in [4.69, 9.17) is 10.5 Å². The predicted molar refractivity (Wildman–Crippen MR) is 124 cm³/mol. The Hall–Kier alpha value is -2.95. The maximum Gasteiger partial charge on any atom is 0.317 e. The third-order valence-electron chi connectivity index (χ3n) is 4.95. The summed E-state index contributed by atoms with van der Waals surface area (Å²) in [6.45, 7) is 1.93. The average molecular weight is 458 g/mol. The molecule has 0 fully saturated rings. The summed E-state index contributed by atoms with van der Waals surface area (Å²) in [5.41, 5.74) is 10.1. The molecule has 1 aromatic carbocycles. The van der Waals surface area contributed by atoms with Crippen molar-refractivity contribution in [1.82, 2.24) is 15.2 Å².